The summed E-state index contributed by atoms with van der Waals surface area (Å²) in [4.78, 5) is 13.6. The van der Waals surface area contributed by atoms with Crippen LogP contribution in [0.2, 0.25) is 0 Å². The van der Waals surface area contributed by atoms with Gasteiger partial charge in [-0.15, -0.1) is 0 Å². The minimum atomic E-state index is -0.252. The SMILES string of the molecule is O=C1O[C@H](COc2ccccc2)CN1CCc1ccccc1. The number of para-hydroxylation sites is 1. The lowest BCUT2D eigenvalue weighted by Crippen LogP contribution is -2.28. The molecule has 114 valence electrons. The Balaban J connectivity index is 1.46. The summed E-state index contributed by atoms with van der Waals surface area (Å²) in [5.74, 6) is 0.793. The van der Waals surface area contributed by atoms with Crippen molar-refractivity contribution in [3.8, 4) is 5.75 Å². The molecule has 0 bridgehead atoms. The number of cyclic esters (lactones) is 1. The third-order valence-corrected chi connectivity index (χ3v) is 3.64. The molecule has 1 heterocycles. The first-order chi connectivity index (χ1) is 10.8. The zero-order chi connectivity index (χ0) is 15.2. The Morgan fingerprint density at radius 2 is 1.73 bits per heavy atom. The first kappa shape index (κ1) is 14.4. The maximum Gasteiger partial charge on any atom is 0.410 e. The molecule has 1 saturated heterocycles. The maximum atomic E-state index is 11.9. The lowest BCUT2D eigenvalue weighted by molar-refractivity contribution is 0.103. The van der Waals surface area contributed by atoms with Crippen LogP contribution in [0.3, 0.4) is 0 Å². The summed E-state index contributed by atoms with van der Waals surface area (Å²) in [6.07, 6.45) is 0.378. The molecule has 0 saturated carbocycles. The van der Waals surface area contributed by atoms with Gasteiger partial charge in [0.1, 0.15) is 12.4 Å². The van der Waals surface area contributed by atoms with Crippen LogP contribution >= 0.6 is 0 Å². The number of carbonyl (C=O) groups is 1. The molecule has 0 aromatic heterocycles. The second-order valence-electron chi connectivity index (χ2n) is 5.31. The van der Waals surface area contributed by atoms with E-state index >= 15 is 0 Å². The monoisotopic (exact) mass is 297 g/mol. The predicted molar refractivity (Wildman–Crippen MR) is 83.9 cm³/mol. The standard InChI is InChI=1S/C18H19NO3/c20-18-19(12-11-15-7-3-1-4-8-15)13-17(22-18)14-21-16-9-5-2-6-10-16/h1-10,17H,11-14H2/t17-/m0/s1. The van der Waals surface area contributed by atoms with Gasteiger partial charge in [0.05, 0.1) is 6.54 Å². The third kappa shape index (κ3) is 3.79. The zero-order valence-electron chi connectivity index (χ0n) is 12.4. The summed E-state index contributed by atoms with van der Waals surface area (Å²) in [7, 11) is 0. The predicted octanol–water partition coefficient (Wildman–Crippen LogP) is 3.13. The maximum absolute atomic E-state index is 11.9. The number of hydrogen-bond donors (Lipinski definition) is 0. The van der Waals surface area contributed by atoms with Crippen molar-refractivity contribution in [2.24, 2.45) is 0 Å². The molecule has 1 atom stereocenters. The fourth-order valence-corrected chi connectivity index (χ4v) is 2.46. The van der Waals surface area contributed by atoms with E-state index < -0.39 is 0 Å². The molecule has 0 N–H and O–H groups in total. The van der Waals surface area contributed by atoms with Crippen LogP contribution in [0.4, 0.5) is 4.79 Å². The molecule has 2 aromatic rings. The summed E-state index contributed by atoms with van der Waals surface area (Å²) in [5, 5.41) is 0. The molecule has 1 aliphatic rings. The second-order valence-corrected chi connectivity index (χ2v) is 5.31. The van der Waals surface area contributed by atoms with Crippen molar-refractivity contribution >= 4 is 6.09 Å². The van der Waals surface area contributed by atoms with Crippen molar-refractivity contribution < 1.29 is 14.3 Å². The van der Waals surface area contributed by atoms with E-state index in [0.717, 1.165) is 12.2 Å². The Labute approximate surface area is 130 Å². The van der Waals surface area contributed by atoms with Gasteiger partial charge in [-0.05, 0) is 24.1 Å². The average Bonchev–Trinajstić information content (AvgIpc) is 2.93. The van der Waals surface area contributed by atoms with E-state index in [0.29, 0.717) is 19.7 Å². The lowest BCUT2D eigenvalue weighted by atomic mass is 10.1. The Bertz CT molecular complexity index is 600. The van der Waals surface area contributed by atoms with Gasteiger partial charge in [0.15, 0.2) is 6.10 Å². The molecular weight excluding hydrogens is 278 g/mol. The average molecular weight is 297 g/mol. The number of carbonyl (C=O) groups excluding carboxylic acids is 1. The molecule has 2 aromatic carbocycles. The van der Waals surface area contributed by atoms with Gasteiger partial charge in [0.25, 0.3) is 0 Å². The van der Waals surface area contributed by atoms with E-state index in [-0.39, 0.29) is 12.2 Å². The largest absolute Gasteiger partial charge is 0.490 e. The minimum absolute atomic E-state index is 0.205. The summed E-state index contributed by atoms with van der Waals surface area (Å²) < 4.78 is 11.0. The summed E-state index contributed by atoms with van der Waals surface area (Å²) >= 11 is 0. The molecule has 4 nitrogen and oxygen atoms in total. The van der Waals surface area contributed by atoms with Gasteiger partial charge >= 0.3 is 6.09 Å². The van der Waals surface area contributed by atoms with Crippen molar-refractivity contribution in [1.82, 2.24) is 4.90 Å². The van der Waals surface area contributed by atoms with E-state index in [1.165, 1.54) is 5.56 Å². The lowest BCUT2D eigenvalue weighted by Gasteiger charge is -2.13. The number of nitrogens with zero attached hydrogens (tertiary/aromatic N) is 1. The molecule has 1 fully saturated rings. The van der Waals surface area contributed by atoms with Crippen molar-refractivity contribution in [3.05, 3.63) is 66.2 Å². The first-order valence-corrected chi connectivity index (χ1v) is 7.48. The fourth-order valence-electron chi connectivity index (χ4n) is 2.46. The second kappa shape index (κ2) is 6.98. The van der Waals surface area contributed by atoms with Crippen molar-refractivity contribution in [3.63, 3.8) is 0 Å². The highest BCUT2D eigenvalue weighted by Gasteiger charge is 2.31. The van der Waals surface area contributed by atoms with Gasteiger partial charge in [0, 0.05) is 6.54 Å². The highest BCUT2D eigenvalue weighted by Crippen LogP contribution is 2.15. The fraction of sp³-hybridized carbons (Fsp3) is 0.278. The van der Waals surface area contributed by atoms with Crippen LogP contribution in [0.1, 0.15) is 5.56 Å². The molecule has 22 heavy (non-hydrogen) atoms. The van der Waals surface area contributed by atoms with Crippen LogP contribution in [-0.2, 0) is 11.2 Å². The Morgan fingerprint density at radius 1 is 1.05 bits per heavy atom. The number of amides is 1. The number of ether oxygens (including phenoxy) is 2. The Hall–Kier alpha value is -2.49. The van der Waals surface area contributed by atoms with Gasteiger partial charge in [-0.3, -0.25) is 0 Å². The van der Waals surface area contributed by atoms with Gasteiger partial charge in [-0.1, -0.05) is 48.5 Å². The number of hydrogen-bond acceptors (Lipinski definition) is 3. The van der Waals surface area contributed by atoms with Gasteiger partial charge < -0.3 is 14.4 Å². The quantitative estimate of drug-likeness (QED) is 0.822. The Morgan fingerprint density at radius 3 is 2.45 bits per heavy atom. The van der Waals surface area contributed by atoms with Crippen LogP contribution in [0.5, 0.6) is 5.75 Å². The van der Waals surface area contributed by atoms with Crippen LogP contribution in [0.15, 0.2) is 60.7 Å². The van der Waals surface area contributed by atoms with E-state index in [9.17, 15) is 4.79 Å². The molecular formula is C18H19NO3. The van der Waals surface area contributed by atoms with Crippen LogP contribution < -0.4 is 4.74 Å². The molecule has 1 amide bonds. The molecule has 0 unspecified atom stereocenters. The molecule has 0 radical (unpaired) electrons. The summed E-state index contributed by atoms with van der Waals surface area (Å²) in [5.41, 5.74) is 1.22. The Kier molecular flexibility index (Phi) is 4.59. The first-order valence-electron chi connectivity index (χ1n) is 7.48. The number of benzene rings is 2. The highest BCUT2D eigenvalue weighted by molar-refractivity contribution is 5.69. The molecule has 0 spiro atoms. The van der Waals surface area contributed by atoms with Crippen LogP contribution in [0.25, 0.3) is 0 Å². The zero-order valence-corrected chi connectivity index (χ0v) is 12.4. The molecule has 0 aliphatic carbocycles. The van der Waals surface area contributed by atoms with Crippen molar-refractivity contribution in [2.75, 3.05) is 19.7 Å². The van der Waals surface area contributed by atoms with Crippen molar-refractivity contribution in [2.45, 2.75) is 12.5 Å². The van der Waals surface area contributed by atoms with E-state index in [1.54, 1.807) is 4.90 Å². The third-order valence-electron chi connectivity index (χ3n) is 3.64. The van der Waals surface area contributed by atoms with E-state index in [2.05, 4.69) is 12.1 Å². The smallest absolute Gasteiger partial charge is 0.410 e. The number of rotatable bonds is 6. The summed E-state index contributed by atoms with van der Waals surface area (Å²) in [6.45, 7) is 1.64. The van der Waals surface area contributed by atoms with Gasteiger partial charge in [-0.25, -0.2) is 4.79 Å². The normalized spacial score (nSPS) is 17.4. The topological polar surface area (TPSA) is 38.8 Å². The van der Waals surface area contributed by atoms with Crippen molar-refractivity contribution in [1.29, 1.82) is 0 Å². The minimum Gasteiger partial charge on any atom is -0.490 e. The van der Waals surface area contributed by atoms with E-state index in [1.807, 2.05) is 48.5 Å². The van der Waals surface area contributed by atoms with Gasteiger partial charge in [0.2, 0.25) is 0 Å². The molecule has 1 aliphatic heterocycles. The van der Waals surface area contributed by atoms with Crippen LogP contribution in [-0.4, -0.2) is 36.8 Å². The summed E-state index contributed by atoms with van der Waals surface area (Å²) in [6, 6.07) is 19.7. The molecule has 3 rings (SSSR count). The highest BCUT2D eigenvalue weighted by atomic mass is 16.6. The molecule has 4 heteroatoms. The van der Waals surface area contributed by atoms with Gasteiger partial charge in [-0.2, -0.15) is 0 Å². The van der Waals surface area contributed by atoms with E-state index in [4.69, 9.17) is 9.47 Å². The van der Waals surface area contributed by atoms with Crippen LogP contribution in [0, 0.1) is 0 Å².